The Balaban J connectivity index is 4.41. The molecule has 0 saturated heterocycles. The molecular formula is C70H112O6. The number of rotatable bonds is 54. The van der Waals surface area contributed by atoms with E-state index in [1.54, 1.807) is 0 Å². The summed E-state index contributed by atoms with van der Waals surface area (Å²) in [6.07, 6.45) is 89.9. The molecule has 6 nitrogen and oxygen atoms in total. The number of ether oxygens (including phenoxy) is 3. The summed E-state index contributed by atoms with van der Waals surface area (Å²) >= 11 is 0. The molecule has 0 amide bonds. The molecule has 0 rings (SSSR count). The highest BCUT2D eigenvalue weighted by Crippen LogP contribution is 2.14. The lowest BCUT2D eigenvalue weighted by Crippen LogP contribution is -2.30. The number of unbranched alkanes of at least 4 members (excludes halogenated alkanes) is 19. The van der Waals surface area contributed by atoms with Gasteiger partial charge in [0.2, 0.25) is 0 Å². The second kappa shape index (κ2) is 62.8. The third kappa shape index (κ3) is 60.2. The van der Waals surface area contributed by atoms with E-state index in [1.807, 2.05) is 0 Å². The van der Waals surface area contributed by atoms with Crippen LogP contribution in [0.4, 0.5) is 0 Å². The van der Waals surface area contributed by atoms with Crippen molar-refractivity contribution in [2.45, 2.75) is 264 Å². The highest BCUT2D eigenvalue weighted by Gasteiger charge is 2.19. The van der Waals surface area contributed by atoms with E-state index < -0.39 is 6.10 Å². The summed E-state index contributed by atoms with van der Waals surface area (Å²) < 4.78 is 16.8. The predicted molar refractivity (Wildman–Crippen MR) is 329 cm³/mol. The van der Waals surface area contributed by atoms with Gasteiger partial charge in [0.25, 0.3) is 0 Å². The molecule has 0 aliphatic carbocycles. The van der Waals surface area contributed by atoms with Crippen molar-refractivity contribution in [1.82, 2.24) is 0 Å². The van der Waals surface area contributed by atoms with Crippen molar-refractivity contribution in [1.29, 1.82) is 0 Å². The fourth-order valence-electron chi connectivity index (χ4n) is 8.04. The summed E-state index contributed by atoms with van der Waals surface area (Å²) in [6.45, 7) is 6.36. The lowest BCUT2D eigenvalue weighted by molar-refractivity contribution is -0.167. The van der Waals surface area contributed by atoms with Crippen LogP contribution in [-0.2, 0) is 28.6 Å². The van der Waals surface area contributed by atoms with Crippen LogP contribution in [0.1, 0.15) is 258 Å². The highest BCUT2D eigenvalue weighted by molar-refractivity contribution is 5.71. The molecule has 428 valence electrons. The van der Waals surface area contributed by atoms with Crippen LogP contribution in [0, 0.1) is 0 Å². The first-order valence-corrected chi connectivity index (χ1v) is 30.8. The van der Waals surface area contributed by atoms with E-state index in [1.165, 1.54) is 57.8 Å². The summed E-state index contributed by atoms with van der Waals surface area (Å²) in [5.74, 6) is -0.952. The summed E-state index contributed by atoms with van der Waals surface area (Å²) in [4.78, 5) is 38.2. The van der Waals surface area contributed by atoms with Crippen molar-refractivity contribution in [2.24, 2.45) is 0 Å². The molecule has 0 N–H and O–H groups in total. The van der Waals surface area contributed by atoms with Crippen molar-refractivity contribution in [3.63, 3.8) is 0 Å². The van der Waals surface area contributed by atoms with Gasteiger partial charge in [-0.05, 0) is 122 Å². The van der Waals surface area contributed by atoms with Gasteiger partial charge in [0, 0.05) is 19.3 Å². The number of hydrogen-bond acceptors (Lipinski definition) is 6. The van der Waals surface area contributed by atoms with Crippen molar-refractivity contribution in [2.75, 3.05) is 13.2 Å². The molecule has 0 heterocycles. The number of carbonyl (C=O) groups excluding carboxylic acids is 3. The smallest absolute Gasteiger partial charge is 0.306 e. The molecule has 0 spiro atoms. The van der Waals surface area contributed by atoms with Gasteiger partial charge in [-0.25, -0.2) is 0 Å². The fraction of sp³-hybridized carbons (Fsp3) is 0.614. The fourth-order valence-corrected chi connectivity index (χ4v) is 8.04. The maximum atomic E-state index is 12.9. The minimum absolute atomic E-state index is 0.0994. The first kappa shape index (κ1) is 71.3. The van der Waals surface area contributed by atoms with Crippen LogP contribution in [0.25, 0.3) is 0 Å². The van der Waals surface area contributed by atoms with Crippen molar-refractivity contribution in [3.8, 4) is 0 Å². The van der Waals surface area contributed by atoms with Gasteiger partial charge in [0.1, 0.15) is 13.2 Å². The Hall–Kier alpha value is -4.71. The van der Waals surface area contributed by atoms with Gasteiger partial charge in [-0.15, -0.1) is 0 Å². The normalized spacial score (nSPS) is 13.1. The molecule has 6 heteroatoms. The lowest BCUT2D eigenvalue weighted by Gasteiger charge is -2.18. The Morgan fingerprint density at radius 3 is 0.803 bits per heavy atom. The zero-order valence-electron chi connectivity index (χ0n) is 49.0. The second-order valence-corrected chi connectivity index (χ2v) is 19.9. The maximum Gasteiger partial charge on any atom is 0.306 e. The van der Waals surface area contributed by atoms with E-state index in [2.05, 4.69) is 167 Å². The number of carbonyl (C=O) groups is 3. The Bertz CT molecular complexity index is 1680. The molecule has 0 bridgehead atoms. The van der Waals surface area contributed by atoms with Crippen LogP contribution in [-0.4, -0.2) is 37.2 Å². The molecule has 1 unspecified atom stereocenters. The largest absolute Gasteiger partial charge is 0.462 e. The summed E-state index contributed by atoms with van der Waals surface area (Å²) in [7, 11) is 0. The second-order valence-electron chi connectivity index (χ2n) is 19.9. The molecule has 0 aromatic heterocycles. The monoisotopic (exact) mass is 1050 g/mol. The van der Waals surface area contributed by atoms with Crippen LogP contribution < -0.4 is 0 Å². The minimum atomic E-state index is -0.807. The highest BCUT2D eigenvalue weighted by atomic mass is 16.6. The summed E-state index contributed by atoms with van der Waals surface area (Å²) in [6, 6.07) is 0. The van der Waals surface area contributed by atoms with Gasteiger partial charge < -0.3 is 14.2 Å². The van der Waals surface area contributed by atoms with E-state index >= 15 is 0 Å². The molecule has 0 radical (unpaired) electrons. The Morgan fingerprint density at radius 1 is 0.276 bits per heavy atom. The van der Waals surface area contributed by atoms with Gasteiger partial charge >= 0.3 is 17.9 Å². The van der Waals surface area contributed by atoms with Gasteiger partial charge in [-0.2, -0.15) is 0 Å². The third-order valence-electron chi connectivity index (χ3n) is 12.6. The van der Waals surface area contributed by atoms with E-state index in [0.717, 1.165) is 161 Å². The topological polar surface area (TPSA) is 78.9 Å². The van der Waals surface area contributed by atoms with Crippen LogP contribution in [0.3, 0.4) is 0 Å². The van der Waals surface area contributed by atoms with Crippen molar-refractivity contribution in [3.05, 3.63) is 146 Å². The van der Waals surface area contributed by atoms with Gasteiger partial charge in [0.05, 0.1) is 0 Å². The quantitative estimate of drug-likeness (QED) is 0.0261. The lowest BCUT2D eigenvalue weighted by atomic mass is 10.0. The number of esters is 3. The minimum Gasteiger partial charge on any atom is -0.462 e. The summed E-state index contributed by atoms with van der Waals surface area (Å²) in [5.41, 5.74) is 0. The maximum absolute atomic E-state index is 12.9. The number of hydrogen-bond donors (Lipinski definition) is 0. The van der Waals surface area contributed by atoms with Gasteiger partial charge in [0.15, 0.2) is 6.10 Å². The first-order chi connectivity index (χ1) is 37.5. The van der Waals surface area contributed by atoms with Crippen LogP contribution in [0.5, 0.6) is 0 Å². The van der Waals surface area contributed by atoms with Crippen molar-refractivity contribution < 1.29 is 28.6 Å². The first-order valence-electron chi connectivity index (χ1n) is 30.8. The molecule has 0 aromatic carbocycles. The molecule has 0 fully saturated rings. The Kier molecular flexibility index (Phi) is 58.9. The average molecular weight is 1050 g/mol. The van der Waals surface area contributed by atoms with Crippen LogP contribution >= 0.6 is 0 Å². The molecule has 1 atom stereocenters. The molecule has 76 heavy (non-hydrogen) atoms. The van der Waals surface area contributed by atoms with E-state index in [4.69, 9.17) is 14.2 Å². The molecular weight excluding hydrogens is 937 g/mol. The molecule has 0 aromatic rings. The Morgan fingerprint density at radius 2 is 0.513 bits per heavy atom. The van der Waals surface area contributed by atoms with Gasteiger partial charge in [-0.3, -0.25) is 14.4 Å². The zero-order valence-corrected chi connectivity index (χ0v) is 49.0. The third-order valence-corrected chi connectivity index (χ3v) is 12.6. The van der Waals surface area contributed by atoms with Crippen LogP contribution in [0.2, 0.25) is 0 Å². The molecule has 0 aliphatic heterocycles. The average Bonchev–Trinajstić information content (AvgIpc) is 3.42. The van der Waals surface area contributed by atoms with Crippen molar-refractivity contribution >= 4 is 17.9 Å². The predicted octanol–water partition coefficient (Wildman–Crippen LogP) is 21.2. The van der Waals surface area contributed by atoms with Gasteiger partial charge in [-0.1, -0.05) is 263 Å². The molecule has 0 saturated carbocycles. The van der Waals surface area contributed by atoms with E-state index in [9.17, 15) is 14.4 Å². The van der Waals surface area contributed by atoms with E-state index in [-0.39, 0.29) is 37.5 Å². The standard InChI is InChI=1S/C70H112O6/c1-4-7-10-13-16-19-22-25-27-29-30-31-32-33-34-35-36-37-38-39-40-42-43-45-48-51-54-57-60-63-69(72)75-66-67(65-74-68(71)62-59-56-53-50-47-24-21-18-15-12-9-6-3)76-70(73)64-61-58-55-52-49-46-44-41-28-26-23-20-17-14-11-8-5-2/h7-8,10-11,16-17,19-20,25-28,30-31,33-34,36-37,39-40,43-46,67H,4-6,9,12-15,18,21-24,29,32,35,38,41-42,47-66H2,1-3H3/b10-7-,11-8-,19-16-,20-17-,27-25-,28-26-,31-30-,34-33-,37-36-,40-39-,45-43-,46-44-. The molecule has 0 aliphatic rings. The van der Waals surface area contributed by atoms with E-state index in [0.29, 0.717) is 12.8 Å². The zero-order chi connectivity index (χ0) is 55.0. The summed E-state index contributed by atoms with van der Waals surface area (Å²) in [5, 5.41) is 0. The van der Waals surface area contributed by atoms with Crippen LogP contribution in [0.15, 0.2) is 146 Å². The number of allylic oxidation sites excluding steroid dienone is 24. The SMILES string of the molecule is CC/C=C\C/C=C\C/C=C\C/C=C\C/C=C\C/C=C\C/C=C\C/C=C\CCCCCCC(=O)OCC(COC(=O)CCCCCCCCCCCCCC)OC(=O)CCCCCC/C=C\C/C=C\C/C=C\C/C=C\CC. The Labute approximate surface area is 467 Å².